The molecule has 0 unspecified atom stereocenters. The highest BCUT2D eigenvalue weighted by atomic mass is 32.2. The van der Waals surface area contributed by atoms with Crippen LogP contribution in [-0.4, -0.2) is 20.5 Å². The molecule has 0 atom stereocenters. The topological polar surface area (TPSA) is 47.8 Å². The van der Waals surface area contributed by atoms with E-state index in [1.165, 1.54) is 6.42 Å². The largest absolute Gasteiger partial charge is 0.287 e. The zero-order valence-electron chi connectivity index (χ0n) is 10.3. The first kappa shape index (κ1) is 12.4. The summed E-state index contributed by atoms with van der Waals surface area (Å²) in [5.41, 5.74) is 1.58. The summed E-state index contributed by atoms with van der Waals surface area (Å²) in [7, 11) is 1.77. The van der Waals surface area contributed by atoms with Crippen molar-refractivity contribution in [1.29, 1.82) is 0 Å². The smallest absolute Gasteiger partial charge is 0.280 e. The van der Waals surface area contributed by atoms with E-state index in [4.69, 9.17) is 0 Å². The maximum absolute atomic E-state index is 12.2. The number of aromatic nitrogens is 3. The molecule has 1 aromatic rings. The van der Waals surface area contributed by atoms with Crippen molar-refractivity contribution in [1.82, 2.24) is 14.8 Å². The van der Waals surface area contributed by atoms with Gasteiger partial charge < -0.3 is 0 Å². The first-order valence-corrected chi connectivity index (χ1v) is 6.98. The van der Waals surface area contributed by atoms with Crippen molar-refractivity contribution >= 4 is 17.3 Å². The highest BCUT2D eigenvalue weighted by molar-refractivity contribution is 7.99. The van der Waals surface area contributed by atoms with Crippen LogP contribution in [0.5, 0.6) is 0 Å². The van der Waals surface area contributed by atoms with E-state index in [1.54, 1.807) is 23.4 Å². The summed E-state index contributed by atoms with van der Waals surface area (Å²) in [6.45, 7) is 2.04. The maximum Gasteiger partial charge on any atom is 0.280 e. The Morgan fingerprint density at radius 2 is 2.24 bits per heavy atom. The van der Waals surface area contributed by atoms with Crippen LogP contribution in [0.4, 0.5) is 0 Å². The van der Waals surface area contributed by atoms with E-state index >= 15 is 0 Å². The van der Waals surface area contributed by atoms with Crippen molar-refractivity contribution in [2.45, 2.75) is 37.8 Å². The van der Waals surface area contributed by atoms with Crippen LogP contribution in [0.15, 0.2) is 16.0 Å². The Kier molecular flexibility index (Phi) is 3.99. The molecule has 0 amide bonds. The molecule has 0 radical (unpaired) electrons. The van der Waals surface area contributed by atoms with Crippen LogP contribution in [0.3, 0.4) is 0 Å². The van der Waals surface area contributed by atoms with Gasteiger partial charge in [-0.25, -0.2) is 0 Å². The minimum absolute atomic E-state index is 0.0240. The second-order valence-electron chi connectivity index (χ2n) is 4.10. The second kappa shape index (κ2) is 5.49. The third-order valence-corrected chi connectivity index (χ3v) is 3.80. The Balaban J connectivity index is 2.40. The van der Waals surface area contributed by atoms with E-state index in [2.05, 4.69) is 16.3 Å². The Bertz CT molecular complexity index is 493. The fraction of sp³-hybridized carbons (Fsp3) is 0.583. The van der Waals surface area contributed by atoms with Crippen LogP contribution in [0, 0.1) is 0 Å². The van der Waals surface area contributed by atoms with Gasteiger partial charge >= 0.3 is 0 Å². The normalized spacial score (nSPS) is 15.8. The van der Waals surface area contributed by atoms with E-state index in [1.807, 2.05) is 6.92 Å². The minimum Gasteiger partial charge on any atom is -0.287 e. The number of thioether (sulfide) groups is 1. The Labute approximate surface area is 105 Å². The fourth-order valence-corrected chi connectivity index (χ4v) is 2.59. The molecule has 1 heterocycles. The quantitative estimate of drug-likeness (QED) is 0.773. The summed E-state index contributed by atoms with van der Waals surface area (Å²) < 4.78 is 1.60. The molecule has 0 saturated carbocycles. The second-order valence-corrected chi connectivity index (χ2v) is 5.33. The third-order valence-electron chi connectivity index (χ3n) is 2.90. The van der Waals surface area contributed by atoms with E-state index in [9.17, 15) is 4.79 Å². The summed E-state index contributed by atoms with van der Waals surface area (Å²) in [6, 6.07) is 0. The van der Waals surface area contributed by atoms with E-state index in [0.29, 0.717) is 10.9 Å². The summed E-state index contributed by atoms with van der Waals surface area (Å²) >= 11 is 1.54. The summed E-state index contributed by atoms with van der Waals surface area (Å²) in [6.07, 6.45) is 6.47. The molecule has 17 heavy (non-hydrogen) atoms. The lowest BCUT2D eigenvalue weighted by atomic mass is 9.97. The average Bonchev–Trinajstić information content (AvgIpc) is 2.36. The summed E-state index contributed by atoms with van der Waals surface area (Å²) in [5, 5.41) is 8.94. The molecule has 0 aliphatic heterocycles. The maximum atomic E-state index is 12.2. The summed E-state index contributed by atoms with van der Waals surface area (Å²) in [4.78, 5) is 12.2. The predicted molar refractivity (Wildman–Crippen MR) is 70.1 cm³/mol. The molecule has 5 heteroatoms. The molecular weight excluding hydrogens is 234 g/mol. The zero-order chi connectivity index (χ0) is 12.3. The molecule has 1 aromatic heterocycles. The monoisotopic (exact) mass is 251 g/mol. The van der Waals surface area contributed by atoms with Gasteiger partial charge in [0.15, 0.2) is 10.9 Å². The number of allylic oxidation sites excluding steroid dienone is 2. The highest BCUT2D eigenvalue weighted by Gasteiger charge is 2.14. The molecule has 2 rings (SSSR count). The van der Waals surface area contributed by atoms with Crippen molar-refractivity contribution in [2.75, 3.05) is 5.75 Å². The van der Waals surface area contributed by atoms with Crippen molar-refractivity contribution in [2.24, 2.45) is 7.05 Å². The van der Waals surface area contributed by atoms with Gasteiger partial charge in [0.1, 0.15) is 0 Å². The van der Waals surface area contributed by atoms with Crippen LogP contribution < -0.4 is 5.56 Å². The number of hydrogen-bond donors (Lipinski definition) is 0. The first-order valence-electron chi connectivity index (χ1n) is 6.00. The van der Waals surface area contributed by atoms with Gasteiger partial charge in [-0.2, -0.15) is 0 Å². The van der Waals surface area contributed by atoms with Gasteiger partial charge in [0, 0.05) is 7.05 Å². The van der Waals surface area contributed by atoms with Gasteiger partial charge in [0.05, 0.1) is 0 Å². The van der Waals surface area contributed by atoms with Crippen molar-refractivity contribution in [3.8, 4) is 0 Å². The molecular formula is C12H17N3OS. The Morgan fingerprint density at radius 3 is 2.88 bits per heavy atom. The van der Waals surface area contributed by atoms with Crippen molar-refractivity contribution in [3.63, 3.8) is 0 Å². The Hall–Kier alpha value is -1.10. The predicted octanol–water partition coefficient (Wildman–Crippen LogP) is 2.24. The zero-order valence-corrected chi connectivity index (χ0v) is 11.1. The molecule has 0 fully saturated rings. The van der Waals surface area contributed by atoms with E-state index in [-0.39, 0.29) is 5.56 Å². The lowest BCUT2D eigenvalue weighted by Gasteiger charge is -2.12. The average molecular weight is 251 g/mol. The van der Waals surface area contributed by atoms with Gasteiger partial charge in [0.25, 0.3) is 5.56 Å². The highest BCUT2D eigenvalue weighted by Crippen LogP contribution is 2.23. The Morgan fingerprint density at radius 1 is 1.41 bits per heavy atom. The van der Waals surface area contributed by atoms with Crippen LogP contribution in [0.2, 0.25) is 0 Å². The fourth-order valence-electron chi connectivity index (χ4n) is 1.96. The molecule has 4 nitrogen and oxygen atoms in total. The number of rotatable bonds is 3. The lowest BCUT2D eigenvalue weighted by molar-refractivity contribution is 0.648. The molecule has 0 saturated heterocycles. The standard InChI is InChI=1S/C12H17N3OS/c1-3-17-12-14-13-10(11(16)15(12)2)9-7-5-4-6-8-9/h7H,3-6,8H2,1-2H3. The van der Waals surface area contributed by atoms with Crippen LogP contribution >= 0.6 is 11.8 Å². The van der Waals surface area contributed by atoms with Crippen molar-refractivity contribution < 1.29 is 0 Å². The van der Waals surface area contributed by atoms with Crippen LogP contribution in [0.1, 0.15) is 38.3 Å². The molecule has 1 aliphatic carbocycles. The lowest BCUT2D eigenvalue weighted by Crippen LogP contribution is -2.25. The van der Waals surface area contributed by atoms with Gasteiger partial charge in [-0.3, -0.25) is 9.36 Å². The van der Waals surface area contributed by atoms with E-state index < -0.39 is 0 Å². The van der Waals surface area contributed by atoms with Gasteiger partial charge in [0.2, 0.25) is 0 Å². The number of hydrogen-bond acceptors (Lipinski definition) is 4. The molecule has 0 N–H and O–H groups in total. The van der Waals surface area contributed by atoms with Gasteiger partial charge in [-0.15, -0.1) is 10.2 Å². The molecule has 1 aliphatic rings. The molecule has 0 aromatic carbocycles. The third kappa shape index (κ3) is 2.60. The van der Waals surface area contributed by atoms with Gasteiger partial charge in [-0.1, -0.05) is 24.8 Å². The molecule has 0 bridgehead atoms. The minimum atomic E-state index is -0.0240. The SMILES string of the molecule is CCSc1nnc(C2=CCCCC2)c(=O)n1C. The first-order chi connectivity index (χ1) is 8.24. The van der Waals surface area contributed by atoms with Gasteiger partial charge in [-0.05, 0) is 37.0 Å². The van der Waals surface area contributed by atoms with Crippen molar-refractivity contribution in [3.05, 3.63) is 22.1 Å². The van der Waals surface area contributed by atoms with E-state index in [0.717, 1.165) is 30.6 Å². The van der Waals surface area contributed by atoms with Crippen LogP contribution in [-0.2, 0) is 7.05 Å². The van der Waals surface area contributed by atoms with Crippen LogP contribution in [0.25, 0.3) is 5.57 Å². The molecule has 0 spiro atoms. The summed E-state index contributed by atoms with van der Waals surface area (Å²) in [5.74, 6) is 0.893. The molecule has 92 valence electrons. The number of nitrogens with zero attached hydrogens (tertiary/aromatic N) is 3.